The molecule has 0 atom stereocenters. The maximum atomic E-state index is 12.4. The Balaban J connectivity index is 1.43. The first-order valence-corrected chi connectivity index (χ1v) is 9.50. The van der Waals surface area contributed by atoms with Crippen molar-refractivity contribution in [3.8, 4) is 0 Å². The Morgan fingerprint density at radius 2 is 1.90 bits per heavy atom. The third kappa shape index (κ3) is 5.26. The number of benzene rings is 1. The van der Waals surface area contributed by atoms with Gasteiger partial charge < -0.3 is 10.1 Å². The molecule has 1 aromatic heterocycles. The monoisotopic (exact) mass is 415 g/mol. The van der Waals surface area contributed by atoms with E-state index >= 15 is 0 Å². The van der Waals surface area contributed by atoms with Gasteiger partial charge in [0.2, 0.25) is 5.91 Å². The second kappa shape index (κ2) is 9.11. The van der Waals surface area contributed by atoms with Gasteiger partial charge in [0.05, 0.1) is 13.0 Å². The van der Waals surface area contributed by atoms with E-state index in [1.807, 2.05) is 22.8 Å². The van der Waals surface area contributed by atoms with E-state index in [4.69, 9.17) is 4.74 Å². The van der Waals surface area contributed by atoms with Gasteiger partial charge in [0.25, 0.3) is 11.8 Å². The molecule has 1 aliphatic heterocycles. The molecule has 2 heterocycles. The molecule has 1 aliphatic rings. The molecule has 0 aliphatic carbocycles. The van der Waals surface area contributed by atoms with Crippen LogP contribution < -0.4 is 10.6 Å². The first-order valence-electron chi connectivity index (χ1n) is 8.62. The molecule has 0 radical (unpaired) electrons. The maximum Gasteiger partial charge on any atom is 0.326 e. The number of fused-ring (bicyclic) bond motifs is 1. The number of esters is 1. The lowest BCUT2D eigenvalue weighted by molar-refractivity contribution is -0.151. The molecule has 10 heteroatoms. The lowest BCUT2D eigenvalue weighted by Gasteiger charge is -2.25. The summed E-state index contributed by atoms with van der Waals surface area (Å²) in [6, 6.07) is 9.57. The van der Waals surface area contributed by atoms with Crippen molar-refractivity contribution < 1.29 is 28.7 Å². The molecule has 0 fully saturated rings. The molecule has 2 N–H and O–H groups in total. The van der Waals surface area contributed by atoms with Crippen LogP contribution in [0.15, 0.2) is 41.8 Å². The van der Waals surface area contributed by atoms with Crippen LogP contribution in [0.4, 0.5) is 4.79 Å². The summed E-state index contributed by atoms with van der Waals surface area (Å²) in [6.07, 6.45) is 0.0000902. The molecule has 9 nitrogen and oxygen atoms in total. The molecule has 3 rings (SSSR count). The second-order valence-electron chi connectivity index (χ2n) is 6.09. The molecular formula is C19H17N3O6S. The Labute approximate surface area is 169 Å². The van der Waals surface area contributed by atoms with Crippen LogP contribution >= 0.6 is 11.3 Å². The van der Waals surface area contributed by atoms with Crippen molar-refractivity contribution in [3.05, 3.63) is 57.8 Å². The third-order valence-electron chi connectivity index (χ3n) is 4.04. The van der Waals surface area contributed by atoms with Crippen molar-refractivity contribution in [1.82, 2.24) is 15.5 Å². The van der Waals surface area contributed by atoms with Crippen LogP contribution in [-0.4, -0.2) is 47.8 Å². The predicted octanol–water partition coefficient (Wildman–Crippen LogP) is 0.842. The number of rotatable bonds is 6. The fraction of sp³-hybridized carbons (Fsp3) is 0.211. The number of ether oxygens (including phenoxy) is 1. The van der Waals surface area contributed by atoms with E-state index in [-0.39, 0.29) is 13.0 Å². The van der Waals surface area contributed by atoms with Crippen LogP contribution in [0, 0.1) is 0 Å². The van der Waals surface area contributed by atoms with Gasteiger partial charge in [-0.05, 0) is 23.1 Å². The summed E-state index contributed by atoms with van der Waals surface area (Å²) in [5, 5.41) is 6.37. The first-order chi connectivity index (χ1) is 13.9. The minimum absolute atomic E-state index is 0.0000902. The molecule has 0 saturated heterocycles. The SMILES string of the molecule is O=C(COC(=O)CN1C(=O)Cc2ccccc2C1=O)NC(=O)NCc1cccs1. The molecule has 0 saturated carbocycles. The first kappa shape index (κ1) is 20.2. The summed E-state index contributed by atoms with van der Waals surface area (Å²) in [7, 11) is 0. The summed E-state index contributed by atoms with van der Waals surface area (Å²) in [5.74, 6) is -2.88. The van der Waals surface area contributed by atoms with Gasteiger partial charge in [-0.25, -0.2) is 4.79 Å². The third-order valence-corrected chi connectivity index (χ3v) is 4.92. The van der Waals surface area contributed by atoms with Crippen molar-refractivity contribution in [1.29, 1.82) is 0 Å². The van der Waals surface area contributed by atoms with Crippen molar-refractivity contribution in [2.45, 2.75) is 13.0 Å². The van der Waals surface area contributed by atoms with Crippen LogP contribution in [0.5, 0.6) is 0 Å². The van der Waals surface area contributed by atoms with Crippen LogP contribution in [-0.2, 0) is 32.1 Å². The number of nitrogens with one attached hydrogen (secondary N) is 2. The number of urea groups is 1. The van der Waals surface area contributed by atoms with Gasteiger partial charge in [0.15, 0.2) is 6.61 Å². The van der Waals surface area contributed by atoms with Gasteiger partial charge in [-0.1, -0.05) is 24.3 Å². The Hall–Kier alpha value is -3.53. The molecular weight excluding hydrogens is 398 g/mol. The van der Waals surface area contributed by atoms with Crippen LogP contribution in [0.3, 0.4) is 0 Å². The molecule has 5 amide bonds. The molecule has 1 aromatic carbocycles. The van der Waals surface area contributed by atoms with Crippen LogP contribution in [0.1, 0.15) is 20.8 Å². The largest absolute Gasteiger partial charge is 0.454 e. The van der Waals surface area contributed by atoms with Crippen LogP contribution in [0.2, 0.25) is 0 Å². The highest BCUT2D eigenvalue weighted by Gasteiger charge is 2.32. The normalized spacial score (nSPS) is 12.9. The van der Waals surface area contributed by atoms with E-state index in [2.05, 4.69) is 5.32 Å². The number of carbonyl (C=O) groups excluding carboxylic acids is 5. The Bertz CT molecular complexity index is 957. The maximum absolute atomic E-state index is 12.4. The Morgan fingerprint density at radius 1 is 1.10 bits per heavy atom. The van der Waals surface area contributed by atoms with Gasteiger partial charge in [0.1, 0.15) is 6.54 Å². The number of amides is 5. The number of imide groups is 2. The quantitative estimate of drug-likeness (QED) is 0.533. The van der Waals surface area contributed by atoms with Gasteiger partial charge in [-0.2, -0.15) is 0 Å². The van der Waals surface area contributed by atoms with E-state index < -0.39 is 42.9 Å². The van der Waals surface area contributed by atoms with Crippen LogP contribution in [0.25, 0.3) is 0 Å². The van der Waals surface area contributed by atoms with Crippen molar-refractivity contribution in [2.24, 2.45) is 0 Å². The fourth-order valence-corrected chi connectivity index (χ4v) is 3.31. The number of hydrogen-bond acceptors (Lipinski definition) is 7. The molecule has 29 heavy (non-hydrogen) atoms. The fourth-order valence-electron chi connectivity index (χ4n) is 2.67. The average Bonchev–Trinajstić information content (AvgIpc) is 3.22. The second-order valence-corrected chi connectivity index (χ2v) is 7.12. The van der Waals surface area contributed by atoms with Gasteiger partial charge in [-0.3, -0.25) is 29.4 Å². The van der Waals surface area contributed by atoms with Gasteiger partial charge >= 0.3 is 12.0 Å². The number of hydrogen-bond donors (Lipinski definition) is 2. The molecule has 150 valence electrons. The zero-order valence-electron chi connectivity index (χ0n) is 15.2. The summed E-state index contributed by atoms with van der Waals surface area (Å²) in [6.45, 7) is -1.06. The van der Waals surface area contributed by atoms with E-state index in [1.54, 1.807) is 24.3 Å². The summed E-state index contributed by atoms with van der Waals surface area (Å²) < 4.78 is 4.77. The highest BCUT2D eigenvalue weighted by Crippen LogP contribution is 2.19. The minimum atomic E-state index is -0.930. The molecule has 0 unspecified atom stereocenters. The zero-order chi connectivity index (χ0) is 20.8. The smallest absolute Gasteiger partial charge is 0.326 e. The molecule has 2 aromatic rings. The molecule has 0 spiro atoms. The highest BCUT2D eigenvalue weighted by molar-refractivity contribution is 7.09. The van der Waals surface area contributed by atoms with Crippen molar-refractivity contribution >= 4 is 41.1 Å². The zero-order valence-corrected chi connectivity index (χ0v) is 16.0. The van der Waals surface area contributed by atoms with E-state index in [0.29, 0.717) is 11.1 Å². The Morgan fingerprint density at radius 3 is 2.66 bits per heavy atom. The Kier molecular flexibility index (Phi) is 6.35. The van der Waals surface area contributed by atoms with E-state index in [0.717, 1.165) is 9.78 Å². The summed E-state index contributed by atoms with van der Waals surface area (Å²) in [4.78, 5) is 61.5. The predicted molar refractivity (Wildman–Crippen MR) is 102 cm³/mol. The molecule has 0 bridgehead atoms. The lowest BCUT2D eigenvalue weighted by Crippen LogP contribution is -2.46. The average molecular weight is 415 g/mol. The van der Waals surface area contributed by atoms with Gasteiger partial charge in [0, 0.05) is 10.4 Å². The van der Waals surface area contributed by atoms with Gasteiger partial charge in [-0.15, -0.1) is 11.3 Å². The topological polar surface area (TPSA) is 122 Å². The highest BCUT2D eigenvalue weighted by atomic mass is 32.1. The van der Waals surface area contributed by atoms with E-state index in [9.17, 15) is 24.0 Å². The number of nitrogens with zero attached hydrogens (tertiary/aromatic N) is 1. The van der Waals surface area contributed by atoms with Crippen molar-refractivity contribution in [2.75, 3.05) is 13.2 Å². The van der Waals surface area contributed by atoms with Crippen molar-refractivity contribution in [3.63, 3.8) is 0 Å². The summed E-state index contributed by atoms with van der Waals surface area (Å²) >= 11 is 1.45. The van der Waals surface area contributed by atoms with E-state index in [1.165, 1.54) is 11.3 Å². The number of thiophene rings is 1. The number of carbonyl (C=O) groups is 5. The summed E-state index contributed by atoms with van der Waals surface area (Å²) in [5.41, 5.74) is 0.945. The lowest BCUT2D eigenvalue weighted by atomic mass is 9.98. The standard InChI is InChI=1S/C19H17N3O6S/c23-15(21-19(27)20-9-13-5-3-7-29-13)11-28-17(25)10-22-16(24)8-12-4-1-2-6-14(12)18(22)26/h1-7H,8-11H2,(H2,20,21,23,27). The minimum Gasteiger partial charge on any atom is -0.454 e.